The minimum absolute atomic E-state index is 0.281. The van der Waals surface area contributed by atoms with E-state index in [1.807, 2.05) is 0 Å². The number of anilines is 1. The first-order valence-electron chi connectivity index (χ1n) is 6.50. The SMILES string of the molecule is CCOC(=O)c1ccc(NC(=O)CNS(=O)(=O)N(C)C)cc1. The minimum Gasteiger partial charge on any atom is -0.462 e. The topological polar surface area (TPSA) is 105 Å². The van der Waals surface area contributed by atoms with Crippen molar-refractivity contribution in [2.24, 2.45) is 0 Å². The number of carbonyl (C=O) groups is 2. The highest BCUT2D eigenvalue weighted by molar-refractivity contribution is 7.87. The van der Waals surface area contributed by atoms with Crippen molar-refractivity contribution in [2.75, 3.05) is 32.6 Å². The lowest BCUT2D eigenvalue weighted by molar-refractivity contribution is -0.115. The fourth-order valence-corrected chi connectivity index (χ4v) is 1.97. The normalized spacial score (nSPS) is 11.3. The second-order valence-electron chi connectivity index (χ2n) is 4.45. The van der Waals surface area contributed by atoms with Crippen LogP contribution in [0.2, 0.25) is 0 Å². The van der Waals surface area contributed by atoms with Gasteiger partial charge in [0.15, 0.2) is 0 Å². The Morgan fingerprint density at radius 3 is 2.27 bits per heavy atom. The number of hydrogen-bond donors (Lipinski definition) is 2. The summed E-state index contributed by atoms with van der Waals surface area (Å²) in [6.45, 7) is 1.60. The lowest BCUT2D eigenvalue weighted by atomic mass is 10.2. The molecular weight excluding hydrogens is 310 g/mol. The van der Waals surface area contributed by atoms with E-state index in [2.05, 4.69) is 10.0 Å². The molecule has 8 nitrogen and oxygen atoms in total. The Bertz CT molecular complexity index is 626. The molecule has 0 spiro atoms. The Morgan fingerprint density at radius 1 is 1.18 bits per heavy atom. The zero-order valence-corrected chi connectivity index (χ0v) is 13.4. The maximum absolute atomic E-state index is 11.7. The van der Waals surface area contributed by atoms with Crippen LogP contribution in [-0.4, -0.2) is 51.8 Å². The van der Waals surface area contributed by atoms with Crippen LogP contribution in [0.4, 0.5) is 5.69 Å². The van der Waals surface area contributed by atoms with E-state index >= 15 is 0 Å². The Hall–Kier alpha value is -1.97. The molecule has 0 aliphatic carbocycles. The summed E-state index contributed by atoms with van der Waals surface area (Å²) < 4.78 is 30.8. The van der Waals surface area contributed by atoms with Gasteiger partial charge >= 0.3 is 5.97 Å². The monoisotopic (exact) mass is 329 g/mol. The van der Waals surface area contributed by atoms with Gasteiger partial charge in [0, 0.05) is 19.8 Å². The summed E-state index contributed by atoms with van der Waals surface area (Å²) in [7, 11) is -0.938. The van der Waals surface area contributed by atoms with Gasteiger partial charge in [0.25, 0.3) is 10.2 Å². The van der Waals surface area contributed by atoms with Crippen molar-refractivity contribution in [1.29, 1.82) is 0 Å². The maximum atomic E-state index is 11.7. The molecule has 0 aliphatic rings. The third-order valence-electron chi connectivity index (χ3n) is 2.58. The molecule has 0 heterocycles. The molecular formula is C13H19N3O5S. The summed E-state index contributed by atoms with van der Waals surface area (Å²) in [6.07, 6.45) is 0. The third-order valence-corrected chi connectivity index (χ3v) is 4.05. The molecule has 1 aromatic rings. The Morgan fingerprint density at radius 2 is 1.77 bits per heavy atom. The number of hydrogen-bond acceptors (Lipinski definition) is 5. The van der Waals surface area contributed by atoms with Crippen LogP contribution in [0.1, 0.15) is 17.3 Å². The zero-order chi connectivity index (χ0) is 16.8. The van der Waals surface area contributed by atoms with Crippen LogP contribution < -0.4 is 10.0 Å². The van der Waals surface area contributed by atoms with Crippen LogP contribution in [0, 0.1) is 0 Å². The van der Waals surface area contributed by atoms with E-state index in [0.717, 1.165) is 4.31 Å². The third kappa shape index (κ3) is 5.43. The molecule has 0 saturated carbocycles. The maximum Gasteiger partial charge on any atom is 0.338 e. The van der Waals surface area contributed by atoms with Gasteiger partial charge in [0.2, 0.25) is 5.91 Å². The second kappa shape index (κ2) is 7.87. The fourth-order valence-electron chi connectivity index (χ4n) is 1.40. The minimum atomic E-state index is -3.65. The predicted molar refractivity (Wildman–Crippen MR) is 81.6 cm³/mol. The molecule has 1 aromatic carbocycles. The van der Waals surface area contributed by atoms with Crippen LogP contribution in [0.3, 0.4) is 0 Å². The predicted octanol–water partition coefficient (Wildman–Crippen LogP) is 0.198. The number of rotatable bonds is 7. The van der Waals surface area contributed by atoms with Gasteiger partial charge in [-0.15, -0.1) is 0 Å². The van der Waals surface area contributed by atoms with Gasteiger partial charge in [-0.05, 0) is 31.2 Å². The van der Waals surface area contributed by atoms with Crippen LogP contribution >= 0.6 is 0 Å². The molecule has 1 rings (SSSR count). The molecule has 0 aromatic heterocycles. The average molecular weight is 329 g/mol. The Labute approximate surface area is 129 Å². The summed E-state index contributed by atoms with van der Waals surface area (Å²) in [5.74, 6) is -0.964. The van der Waals surface area contributed by atoms with Crippen LogP contribution in [-0.2, 0) is 19.7 Å². The molecule has 0 unspecified atom stereocenters. The smallest absolute Gasteiger partial charge is 0.338 e. The highest BCUT2D eigenvalue weighted by Gasteiger charge is 2.14. The average Bonchev–Trinajstić information content (AvgIpc) is 2.46. The number of amides is 1. The lowest BCUT2D eigenvalue weighted by Gasteiger charge is -2.12. The van der Waals surface area contributed by atoms with Gasteiger partial charge in [-0.1, -0.05) is 0 Å². The molecule has 0 saturated heterocycles. The van der Waals surface area contributed by atoms with Gasteiger partial charge < -0.3 is 10.1 Å². The first-order chi connectivity index (χ1) is 10.3. The van der Waals surface area contributed by atoms with Crippen molar-refractivity contribution >= 4 is 27.8 Å². The summed E-state index contributed by atoms with van der Waals surface area (Å²) in [5, 5.41) is 2.52. The van der Waals surface area contributed by atoms with Crippen molar-refractivity contribution in [3.05, 3.63) is 29.8 Å². The molecule has 122 valence electrons. The number of ether oxygens (including phenoxy) is 1. The molecule has 22 heavy (non-hydrogen) atoms. The summed E-state index contributed by atoms with van der Waals surface area (Å²) in [5.41, 5.74) is 0.815. The first kappa shape index (κ1) is 18.1. The standard InChI is InChI=1S/C13H19N3O5S/c1-4-21-13(18)10-5-7-11(8-6-10)15-12(17)9-14-22(19,20)16(2)3/h5-8,14H,4,9H2,1-3H3,(H,15,17). The van der Waals surface area contributed by atoms with E-state index in [1.165, 1.54) is 38.4 Å². The van der Waals surface area contributed by atoms with Gasteiger partial charge in [-0.25, -0.2) is 4.79 Å². The van der Waals surface area contributed by atoms with Crippen molar-refractivity contribution in [3.8, 4) is 0 Å². The number of esters is 1. The Balaban J connectivity index is 2.57. The molecule has 1 amide bonds. The van der Waals surface area contributed by atoms with Gasteiger partial charge in [-0.2, -0.15) is 17.4 Å². The van der Waals surface area contributed by atoms with Gasteiger partial charge in [0.1, 0.15) is 0 Å². The molecule has 0 atom stereocenters. The van der Waals surface area contributed by atoms with Crippen LogP contribution in [0.25, 0.3) is 0 Å². The van der Waals surface area contributed by atoms with E-state index in [1.54, 1.807) is 6.92 Å². The highest BCUT2D eigenvalue weighted by atomic mass is 32.2. The van der Waals surface area contributed by atoms with Crippen LogP contribution in [0.15, 0.2) is 24.3 Å². The number of carbonyl (C=O) groups excluding carboxylic acids is 2. The zero-order valence-electron chi connectivity index (χ0n) is 12.6. The molecule has 0 aliphatic heterocycles. The lowest BCUT2D eigenvalue weighted by Crippen LogP contribution is -2.40. The molecule has 0 bridgehead atoms. The molecule has 0 radical (unpaired) electrons. The van der Waals surface area contributed by atoms with Crippen molar-refractivity contribution in [1.82, 2.24) is 9.03 Å². The van der Waals surface area contributed by atoms with E-state index in [0.29, 0.717) is 11.3 Å². The largest absolute Gasteiger partial charge is 0.462 e. The number of nitrogens with zero attached hydrogens (tertiary/aromatic N) is 1. The van der Waals surface area contributed by atoms with E-state index in [4.69, 9.17) is 4.74 Å². The summed E-state index contributed by atoms with van der Waals surface area (Å²) in [4.78, 5) is 23.1. The summed E-state index contributed by atoms with van der Waals surface area (Å²) >= 11 is 0. The fraction of sp³-hybridized carbons (Fsp3) is 0.385. The number of nitrogens with one attached hydrogen (secondary N) is 2. The highest BCUT2D eigenvalue weighted by Crippen LogP contribution is 2.10. The Kier molecular flexibility index (Phi) is 6.47. The number of benzene rings is 1. The molecule has 0 fully saturated rings. The van der Waals surface area contributed by atoms with Crippen molar-refractivity contribution < 1.29 is 22.7 Å². The van der Waals surface area contributed by atoms with E-state index in [-0.39, 0.29) is 13.2 Å². The molecule has 2 N–H and O–H groups in total. The van der Waals surface area contributed by atoms with Crippen LogP contribution in [0.5, 0.6) is 0 Å². The van der Waals surface area contributed by atoms with Gasteiger partial charge in [0.05, 0.1) is 18.7 Å². The van der Waals surface area contributed by atoms with Crippen molar-refractivity contribution in [2.45, 2.75) is 6.92 Å². The molecule has 9 heteroatoms. The van der Waals surface area contributed by atoms with E-state index in [9.17, 15) is 18.0 Å². The quantitative estimate of drug-likeness (QED) is 0.695. The first-order valence-corrected chi connectivity index (χ1v) is 7.94. The van der Waals surface area contributed by atoms with Gasteiger partial charge in [-0.3, -0.25) is 4.79 Å². The summed E-state index contributed by atoms with van der Waals surface area (Å²) in [6, 6.07) is 6.09. The van der Waals surface area contributed by atoms with E-state index < -0.39 is 22.1 Å². The second-order valence-corrected chi connectivity index (χ2v) is 6.42. The van der Waals surface area contributed by atoms with Crippen molar-refractivity contribution in [3.63, 3.8) is 0 Å².